The van der Waals surface area contributed by atoms with E-state index in [-0.39, 0.29) is 23.9 Å². The Morgan fingerprint density at radius 2 is 1.91 bits per heavy atom. The molecule has 1 saturated heterocycles. The third-order valence-electron chi connectivity index (χ3n) is 7.34. The summed E-state index contributed by atoms with van der Waals surface area (Å²) in [4.78, 5) is 28.0. The first-order chi connectivity index (χ1) is 16.8. The molecule has 1 aliphatic heterocycles. The van der Waals surface area contributed by atoms with Crippen molar-refractivity contribution in [2.24, 2.45) is 5.92 Å². The second kappa shape index (κ2) is 12.1. The third-order valence-corrected chi connectivity index (χ3v) is 7.34. The number of aryl methyl sites for hydroxylation is 1. The molecule has 3 rings (SSSR count). The number of nitrogens with zero attached hydrogens (tertiary/aromatic N) is 1. The van der Waals surface area contributed by atoms with Crippen molar-refractivity contribution in [1.29, 1.82) is 0 Å². The molecule has 6 heteroatoms. The average Bonchev–Trinajstić information content (AvgIpc) is 2.87. The number of methoxy groups -OCH3 is 1. The lowest BCUT2D eigenvalue weighted by Gasteiger charge is -2.41. The fourth-order valence-corrected chi connectivity index (χ4v) is 4.92. The van der Waals surface area contributed by atoms with Crippen LogP contribution >= 0.6 is 0 Å². The van der Waals surface area contributed by atoms with E-state index in [1.807, 2.05) is 30.0 Å². The number of allylic oxidation sites excluding steroid dienone is 4. The molecule has 1 heterocycles. The van der Waals surface area contributed by atoms with Crippen molar-refractivity contribution in [3.63, 3.8) is 0 Å². The van der Waals surface area contributed by atoms with Gasteiger partial charge in [0.2, 0.25) is 5.91 Å². The molecule has 1 aromatic rings. The van der Waals surface area contributed by atoms with Gasteiger partial charge < -0.3 is 20.3 Å². The second-order valence-corrected chi connectivity index (χ2v) is 9.72. The lowest BCUT2D eigenvalue weighted by Crippen LogP contribution is -2.53. The van der Waals surface area contributed by atoms with Crippen LogP contribution in [0.2, 0.25) is 0 Å². The minimum atomic E-state index is -0.0478. The molecule has 0 bridgehead atoms. The van der Waals surface area contributed by atoms with Gasteiger partial charge in [0.25, 0.3) is 0 Å². The molecule has 0 unspecified atom stereocenters. The van der Waals surface area contributed by atoms with Gasteiger partial charge in [0.1, 0.15) is 5.75 Å². The Labute approximate surface area is 210 Å². The number of carbonyl (C=O) groups is 2. The molecule has 2 N–H and O–H groups in total. The molecule has 0 atom stereocenters. The molecule has 1 aromatic carbocycles. The van der Waals surface area contributed by atoms with Gasteiger partial charge >= 0.3 is 6.03 Å². The molecular weight excluding hydrogens is 438 g/mol. The highest BCUT2D eigenvalue weighted by atomic mass is 16.5. The molecule has 2 aliphatic rings. The van der Waals surface area contributed by atoms with Crippen LogP contribution in [0.5, 0.6) is 5.75 Å². The molecule has 35 heavy (non-hydrogen) atoms. The molecule has 1 saturated carbocycles. The number of anilines is 1. The SMILES string of the molecule is CC/C=C/C(C)=C1/CN(C2CCC(C(=O)Nc3ccc(C)c(OC)c3)CC2)C(=O)N/C1=C(/C)CC. The lowest BCUT2D eigenvalue weighted by molar-refractivity contribution is -0.121. The van der Waals surface area contributed by atoms with E-state index in [1.165, 1.54) is 16.7 Å². The predicted octanol–water partition coefficient (Wildman–Crippen LogP) is 6.49. The summed E-state index contributed by atoms with van der Waals surface area (Å²) in [5.74, 6) is 0.762. The molecule has 190 valence electrons. The van der Waals surface area contributed by atoms with Crippen LogP contribution in [-0.2, 0) is 4.79 Å². The van der Waals surface area contributed by atoms with E-state index in [0.29, 0.717) is 6.54 Å². The average molecular weight is 480 g/mol. The topological polar surface area (TPSA) is 70.7 Å². The number of carbonyl (C=O) groups excluding carboxylic acids is 2. The van der Waals surface area contributed by atoms with Crippen LogP contribution in [0.4, 0.5) is 10.5 Å². The number of benzene rings is 1. The van der Waals surface area contributed by atoms with Gasteiger partial charge in [-0.3, -0.25) is 4.79 Å². The summed E-state index contributed by atoms with van der Waals surface area (Å²) in [6, 6.07) is 5.84. The van der Waals surface area contributed by atoms with Crippen molar-refractivity contribution in [2.45, 2.75) is 79.2 Å². The van der Waals surface area contributed by atoms with Crippen molar-refractivity contribution in [3.8, 4) is 5.75 Å². The smallest absolute Gasteiger partial charge is 0.322 e. The fraction of sp³-hybridized carbons (Fsp3) is 0.517. The summed E-state index contributed by atoms with van der Waals surface area (Å²) in [6.45, 7) is 11.1. The monoisotopic (exact) mass is 479 g/mol. The number of amides is 3. The van der Waals surface area contributed by atoms with Gasteiger partial charge in [0.05, 0.1) is 13.7 Å². The van der Waals surface area contributed by atoms with Crippen molar-refractivity contribution in [2.75, 3.05) is 19.0 Å². The highest BCUT2D eigenvalue weighted by Crippen LogP contribution is 2.33. The van der Waals surface area contributed by atoms with Crippen molar-refractivity contribution < 1.29 is 14.3 Å². The van der Waals surface area contributed by atoms with E-state index >= 15 is 0 Å². The molecule has 3 amide bonds. The minimum Gasteiger partial charge on any atom is -0.496 e. The zero-order valence-electron chi connectivity index (χ0n) is 22.2. The first-order valence-electron chi connectivity index (χ1n) is 12.9. The van der Waals surface area contributed by atoms with E-state index < -0.39 is 0 Å². The Hall–Kier alpha value is -3.02. The molecule has 0 spiro atoms. The van der Waals surface area contributed by atoms with Crippen molar-refractivity contribution >= 4 is 17.6 Å². The van der Waals surface area contributed by atoms with Crippen molar-refractivity contribution in [3.05, 3.63) is 58.3 Å². The minimum absolute atomic E-state index is 0.0246. The standard InChI is InChI=1S/C29H41N3O3/c1-7-9-10-20(4)25-18-32(29(34)31-27(25)19(3)8-2)24-15-12-22(13-16-24)28(33)30-23-14-11-21(5)26(17-23)35-6/h9-11,14,17,22,24H,7-8,12-13,15-16,18H2,1-6H3,(H,30,33)(H,31,34)/b10-9+,25-20-,27-19-. The predicted molar refractivity (Wildman–Crippen MR) is 142 cm³/mol. The van der Waals surface area contributed by atoms with Crippen LogP contribution in [0.3, 0.4) is 0 Å². The third kappa shape index (κ3) is 6.36. The lowest BCUT2D eigenvalue weighted by atomic mass is 9.84. The number of rotatable bonds is 7. The van der Waals surface area contributed by atoms with E-state index in [0.717, 1.165) is 61.2 Å². The van der Waals surface area contributed by atoms with Crippen LogP contribution < -0.4 is 15.4 Å². The first-order valence-corrected chi connectivity index (χ1v) is 12.9. The van der Waals surface area contributed by atoms with E-state index in [4.69, 9.17) is 4.74 Å². The fourth-order valence-electron chi connectivity index (χ4n) is 4.92. The van der Waals surface area contributed by atoms with E-state index in [2.05, 4.69) is 50.5 Å². The normalized spacial score (nSPS) is 23.7. The Bertz CT molecular complexity index is 1030. The molecule has 0 aromatic heterocycles. The summed E-state index contributed by atoms with van der Waals surface area (Å²) >= 11 is 0. The van der Waals surface area contributed by atoms with Crippen LogP contribution in [0.25, 0.3) is 0 Å². The van der Waals surface area contributed by atoms with Gasteiger partial charge in [0, 0.05) is 29.4 Å². The van der Waals surface area contributed by atoms with Gasteiger partial charge in [-0.15, -0.1) is 0 Å². The Balaban J connectivity index is 1.67. The summed E-state index contributed by atoms with van der Waals surface area (Å²) in [5.41, 5.74) is 6.36. The maximum absolute atomic E-state index is 13.1. The number of nitrogens with one attached hydrogen (secondary N) is 2. The molecule has 2 fully saturated rings. The van der Waals surface area contributed by atoms with Crippen molar-refractivity contribution in [1.82, 2.24) is 10.2 Å². The first kappa shape index (κ1) is 26.6. The molecule has 0 radical (unpaired) electrons. The van der Waals surface area contributed by atoms with Gasteiger partial charge in [-0.1, -0.05) is 32.1 Å². The van der Waals surface area contributed by atoms with Gasteiger partial charge in [-0.2, -0.15) is 0 Å². The summed E-state index contributed by atoms with van der Waals surface area (Å²) in [5, 5.41) is 6.24. The molecule has 1 aliphatic carbocycles. The van der Waals surface area contributed by atoms with Crippen LogP contribution in [0.1, 0.15) is 71.8 Å². The van der Waals surface area contributed by atoms with Gasteiger partial charge in [-0.25, -0.2) is 4.79 Å². The highest BCUT2D eigenvalue weighted by Gasteiger charge is 2.35. The number of hydrogen-bond donors (Lipinski definition) is 2. The zero-order chi connectivity index (χ0) is 25.5. The van der Waals surface area contributed by atoms with Gasteiger partial charge in [-0.05, 0) is 87.6 Å². The van der Waals surface area contributed by atoms with Gasteiger partial charge in [0.15, 0.2) is 0 Å². The highest BCUT2D eigenvalue weighted by molar-refractivity contribution is 5.93. The molecule has 6 nitrogen and oxygen atoms in total. The number of hydrogen-bond acceptors (Lipinski definition) is 3. The largest absolute Gasteiger partial charge is 0.496 e. The maximum Gasteiger partial charge on any atom is 0.322 e. The van der Waals surface area contributed by atoms with E-state index in [9.17, 15) is 9.59 Å². The Morgan fingerprint density at radius 3 is 2.54 bits per heavy atom. The summed E-state index contributed by atoms with van der Waals surface area (Å²) in [6.07, 6.45) is 9.40. The molecular formula is C29H41N3O3. The number of urea groups is 1. The quantitative estimate of drug-likeness (QED) is 0.469. The Kier molecular flexibility index (Phi) is 9.19. The van der Waals surface area contributed by atoms with Crippen LogP contribution in [0.15, 0.2) is 52.8 Å². The summed E-state index contributed by atoms with van der Waals surface area (Å²) in [7, 11) is 1.64. The zero-order valence-corrected chi connectivity index (χ0v) is 22.2. The van der Waals surface area contributed by atoms with Crippen LogP contribution in [-0.4, -0.2) is 36.5 Å². The number of ether oxygens (including phenoxy) is 1. The summed E-state index contributed by atoms with van der Waals surface area (Å²) < 4.78 is 5.37. The van der Waals surface area contributed by atoms with Crippen LogP contribution in [0, 0.1) is 12.8 Å². The maximum atomic E-state index is 13.1. The van der Waals surface area contributed by atoms with E-state index in [1.54, 1.807) is 7.11 Å². The Morgan fingerprint density at radius 1 is 1.20 bits per heavy atom. The second-order valence-electron chi connectivity index (χ2n) is 9.72.